The summed E-state index contributed by atoms with van der Waals surface area (Å²) in [6.45, 7) is 11.4. The van der Waals surface area contributed by atoms with Crippen molar-refractivity contribution in [2.75, 3.05) is 27.9 Å². The van der Waals surface area contributed by atoms with Crippen molar-refractivity contribution < 1.29 is 22.8 Å². The predicted octanol–water partition coefficient (Wildman–Crippen LogP) is 2.18. The Bertz CT molecular complexity index is 243. The number of hydrogen-bond donors (Lipinski definition) is 0. The van der Waals surface area contributed by atoms with Gasteiger partial charge in [0.1, 0.15) is 0 Å². The van der Waals surface area contributed by atoms with E-state index in [0.717, 1.165) is 0 Å². The smallest absolute Gasteiger partial charge is 0.462 e. The molecule has 0 rings (SSSR count). The van der Waals surface area contributed by atoms with Crippen LogP contribution in [-0.2, 0) is 22.8 Å². The number of ether oxygens (including phenoxy) is 1. The van der Waals surface area contributed by atoms with Crippen LogP contribution < -0.4 is 0 Å². The van der Waals surface area contributed by atoms with Crippen LogP contribution in [0.25, 0.3) is 0 Å². The molecule has 0 aliphatic heterocycles. The van der Waals surface area contributed by atoms with Crippen molar-refractivity contribution in [3.05, 3.63) is 25.3 Å². The summed E-state index contributed by atoms with van der Waals surface area (Å²) in [4.78, 5) is 11.1. The van der Waals surface area contributed by atoms with E-state index in [1.54, 1.807) is 28.3 Å². The zero-order chi connectivity index (χ0) is 14.6. The lowest BCUT2D eigenvalue weighted by Crippen LogP contribution is -2.42. The van der Waals surface area contributed by atoms with Crippen LogP contribution in [0.3, 0.4) is 0 Å². The van der Waals surface area contributed by atoms with Crippen LogP contribution in [0.15, 0.2) is 25.3 Å². The van der Waals surface area contributed by atoms with Crippen LogP contribution in [-0.4, -0.2) is 42.7 Å². The third kappa shape index (κ3) is 7.39. The second-order valence-corrected chi connectivity index (χ2v) is 6.41. The summed E-state index contributed by atoms with van der Waals surface area (Å²) in [5.41, 5.74) is 0.397. The molecule has 0 aliphatic carbocycles. The lowest BCUT2D eigenvalue weighted by molar-refractivity contribution is -0.139. The molecule has 0 aromatic rings. The molecular weight excluding hydrogens is 252 g/mol. The van der Waals surface area contributed by atoms with Gasteiger partial charge in [-0.05, 0) is 13.3 Å². The highest BCUT2D eigenvalue weighted by Gasteiger charge is 2.36. The molecule has 0 aromatic carbocycles. The summed E-state index contributed by atoms with van der Waals surface area (Å²) in [5.74, 6) is -0.375. The van der Waals surface area contributed by atoms with Crippen molar-refractivity contribution in [2.24, 2.45) is 0 Å². The van der Waals surface area contributed by atoms with Crippen molar-refractivity contribution in [2.45, 2.75) is 19.4 Å². The van der Waals surface area contributed by atoms with Gasteiger partial charge in [-0.1, -0.05) is 6.58 Å². The van der Waals surface area contributed by atoms with E-state index in [9.17, 15) is 4.79 Å². The van der Waals surface area contributed by atoms with Gasteiger partial charge < -0.3 is 18.0 Å². The molecule has 0 saturated carbocycles. The molecular formula is C12H24O5Si. The average molecular weight is 276 g/mol. The summed E-state index contributed by atoms with van der Waals surface area (Å²) >= 11 is 0. The second-order valence-electron chi connectivity index (χ2n) is 3.32. The SMILES string of the molecule is C=C.C=C(C)C(=O)OCCC[Si](OC)(OC)OC. The van der Waals surface area contributed by atoms with Gasteiger partial charge in [-0.3, -0.25) is 0 Å². The van der Waals surface area contributed by atoms with Crippen LogP contribution in [0.5, 0.6) is 0 Å². The van der Waals surface area contributed by atoms with E-state index in [-0.39, 0.29) is 5.97 Å². The number of rotatable bonds is 8. The summed E-state index contributed by atoms with van der Waals surface area (Å²) < 4.78 is 20.6. The molecule has 0 N–H and O–H groups in total. The monoisotopic (exact) mass is 276 g/mol. The zero-order valence-electron chi connectivity index (χ0n) is 11.8. The van der Waals surface area contributed by atoms with E-state index in [0.29, 0.717) is 24.6 Å². The van der Waals surface area contributed by atoms with E-state index < -0.39 is 8.80 Å². The maximum absolute atomic E-state index is 11.1. The maximum atomic E-state index is 11.1. The van der Waals surface area contributed by atoms with Crippen molar-refractivity contribution in [3.8, 4) is 0 Å². The molecule has 0 aliphatic rings. The normalized spacial score (nSPS) is 10.2. The van der Waals surface area contributed by atoms with E-state index in [4.69, 9.17) is 18.0 Å². The first-order valence-corrected chi connectivity index (χ1v) is 7.42. The molecule has 0 spiro atoms. The fourth-order valence-electron chi connectivity index (χ4n) is 1.13. The highest BCUT2D eigenvalue weighted by molar-refractivity contribution is 6.60. The highest BCUT2D eigenvalue weighted by atomic mass is 28.4. The fourth-order valence-corrected chi connectivity index (χ4v) is 2.82. The third-order valence-electron chi connectivity index (χ3n) is 2.14. The van der Waals surface area contributed by atoms with E-state index in [2.05, 4.69) is 19.7 Å². The third-order valence-corrected chi connectivity index (χ3v) is 4.97. The van der Waals surface area contributed by atoms with Gasteiger partial charge in [0, 0.05) is 32.9 Å². The van der Waals surface area contributed by atoms with Gasteiger partial charge in [-0.2, -0.15) is 0 Å². The van der Waals surface area contributed by atoms with Crippen molar-refractivity contribution in [1.29, 1.82) is 0 Å². The maximum Gasteiger partial charge on any atom is 0.500 e. The Morgan fingerprint density at radius 1 is 1.11 bits per heavy atom. The first-order chi connectivity index (χ1) is 8.51. The van der Waals surface area contributed by atoms with Crippen molar-refractivity contribution >= 4 is 14.8 Å². The first kappa shape index (κ1) is 19.4. The van der Waals surface area contributed by atoms with Crippen LogP contribution in [0, 0.1) is 0 Å². The highest BCUT2D eigenvalue weighted by Crippen LogP contribution is 2.14. The van der Waals surface area contributed by atoms with Gasteiger partial charge in [0.15, 0.2) is 0 Å². The minimum atomic E-state index is -2.53. The van der Waals surface area contributed by atoms with Gasteiger partial charge >= 0.3 is 14.8 Å². The number of esters is 1. The Labute approximate surface area is 111 Å². The van der Waals surface area contributed by atoms with Gasteiger partial charge in [-0.15, -0.1) is 13.2 Å². The van der Waals surface area contributed by atoms with Crippen LogP contribution in [0.4, 0.5) is 0 Å². The topological polar surface area (TPSA) is 54.0 Å². The molecule has 0 bridgehead atoms. The van der Waals surface area contributed by atoms with E-state index in [1.807, 2.05) is 0 Å². The van der Waals surface area contributed by atoms with E-state index >= 15 is 0 Å². The van der Waals surface area contributed by atoms with Gasteiger partial charge in [0.2, 0.25) is 0 Å². The molecule has 0 radical (unpaired) electrons. The molecule has 0 amide bonds. The largest absolute Gasteiger partial charge is 0.500 e. The summed E-state index contributed by atoms with van der Waals surface area (Å²) in [6.07, 6.45) is 0.640. The number of carbonyl (C=O) groups is 1. The van der Waals surface area contributed by atoms with Gasteiger partial charge in [0.25, 0.3) is 0 Å². The molecule has 18 heavy (non-hydrogen) atoms. The molecule has 0 fully saturated rings. The number of hydrogen-bond acceptors (Lipinski definition) is 5. The number of carbonyl (C=O) groups excluding carboxylic acids is 1. The fraction of sp³-hybridized carbons (Fsp3) is 0.583. The standard InChI is InChI=1S/C10H20O5Si.C2H4/c1-9(2)10(11)15-7-6-8-16(12-3,13-4)14-5;1-2/h1,6-8H2,2-5H3;1-2H2. The first-order valence-electron chi connectivity index (χ1n) is 5.49. The molecule has 6 heteroatoms. The Kier molecular flexibility index (Phi) is 12.0. The zero-order valence-corrected chi connectivity index (χ0v) is 12.8. The molecule has 0 saturated heterocycles. The minimum Gasteiger partial charge on any atom is -0.462 e. The summed E-state index contributed by atoms with van der Waals surface area (Å²) in [6, 6.07) is 0.611. The molecule has 106 valence electrons. The average Bonchev–Trinajstić information content (AvgIpc) is 2.41. The predicted molar refractivity (Wildman–Crippen MR) is 73.2 cm³/mol. The molecule has 0 unspecified atom stereocenters. The van der Waals surface area contributed by atoms with Gasteiger partial charge in [0.05, 0.1) is 6.61 Å². The minimum absolute atomic E-state index is 0.316. The molecule has 0 atom stereocenters. The van der Waals surface area contributed by atoms with Gasteiger partial charge in [-0.25, -0.2) is 4.79 Å². The summed E-state index contributed by atoms with van der Waals surface area (Å²) in [5, 5.41) is 0. The summed E-state index contributed by atoms with van der Waals surface area (Å²) in [7, 11) is 2.13. The molecule has 5 nitrogen and oxygen atoms in total. The quantitative estimate of drug-likeness (QED) is 0.224. The van der Waals surface area contributed by atoms with Crippen molar-refractivity contribution in [3.63, 3.8) is 0 Å². The van der Waals surface area contributed by atoms with Crippen LogP contribution in [0.1, 0.15) is 13.3 Å². The molecule has 0 heterocycles. The molecule has 0 aromatic heterocycles. The Hall–Kier alpha value is -0.953. The Balaban J connectivity index is 0. The lowest BCUT2D eigenvalue weighted by atomic mass is 10.4. The van der Waals surface area contributed by atoms with Crippen LogP contribution in [0.2, 0.25) is 6.04 Å². The van der Waals surface area contributed by atoms with Crippen LogP contribution >= 0.6 is 0 Å². The van der Waals surface area contributed by atoms with Crippen molar-refractivity contribution in [1.82, 2.24) is 0 Å². The Morgan fingerprint density at radius 2 is 1.56 bits per heavy atom. The second kappa shape index (κ2) is 11.2. The lowest BCUT2D eigenvalue weighted by Gasteiger charge is -2.24. The van der Waals surface area contributed by atoms with E-state index in [1.165, 1.54) is 0 Å². The Morgan fingerprint density at radius 3 is 1.89 bits per heavy atom.